The molecule has 88 valence electrons. The number of esters is 1. The Labute approximate surface area is 92.2 Å². The van der Waals surface area contributed by atoms with Crippen molar-refractivity contribution >= 4 is 5.97 Å². The molecule has 1 unspecified atom stereocenters. The summed E-state index contributed by atoms with van der Waals surface area (Å²) >= 11 is 0. The maximum absolute atomic E-state index is 13.2. The van der Waals surface area contributed by atoms with Crippen molar-refractivity contribution in [3.8, 4) is 0 Å². The third-order valence-electron chi connectivity index (χ3n) is 2.24. The van der Waals surface area contributed by atoms with Gasteiger partial charge in [0.05, 0.1) is 7.11 Å². The summed E-state index contributed by atoms with van der Waals surface area (Å²) in [6, 6.07) is 2.53. The van der Waals surface area contributed by atoms with E-state index in [4.69, 9.17) is 5.73 Å². The molecule has 0 radical (unpaired) electrons. The highest BCUT2D eigenvalue weighted by Gasteiger charge is 2.14. The molecule has 0 heterocycles. The van der Waals surface area contributed by atoms with E-state index in [1.807, 2.05) is 0 Å². The predicted molar refractivity (Wildman–Crippen MR) is 54.7 cm³/mol. The summed E-state index contributed by atoms with van der Waals surface area (Å²) in [4.78, 5) is 11.0. The molecule has 0 saturated heterocycles. The largest absolute Gasteiger partial charge is 0.468 e. The lowest BCUT2D eigenvalue weighted by atomic mass is 10.1. The molecule has 16 heavy (non-hydrogen) atoms. The second kappa shape index (κ2) is 5.55. The molecule has 2 N–H and O–H groups in total. The summed E-state index contributed by atoms with van der Waals surface area (Å²) < 4.78 is 30.2. The van der Waals surface area contributed by atoms with E-state index in [9.17, 15) is 13.6 Å². The zero-order valence-electron chi connectivity index (χ0n) is 8.87. The van der Waals surface area contributed by atoms with E-state index < -0.39 is 23.6 Å². The monoisotopic (exact) mass is 229 g/mol. The fourth-order valence-electron chi connectivity index (χ4n) is 1.30. The van der Waals surface area contributed by atoms with Crippen molar-refractivity contribution in [2.75, 3.05) is 7.11 Å². The Kier molecular flexibility index (Phi) is 4.37. The first-order chi connectivity index (χ1) is 7.54. The summed E-state index contributed by atoms with van der Waals surface area (Å²) in [5, 5.41) is 0. The molecule has 0 aromatic heterocycles. The Morgan fingerprint density at radius 1 is 1.50 bits per heavy atom. The Bertz CT molecular complexity index is 382. The number of halogens is 2. The number of aryl methyl sites for hydroxylation is 1. The Hall–Kier alpha value is -1.49. The summed E-state index contributed by atoms with van der Waals surface area (Å²) in [6.45, 7) is 0. The van der Waals surface area contributed by atoms with Crippen molar-refractivity contribution in [2.45, 2.75) is 18.9 Å². The first-order valence-electron chi connectivity index (χ1n) is 4.82. The smallest absolute Gasteiger partial charge is 0.322 e. The number of nitrogens with two attached hydrogens (primary N) is 1. The second-order valence-electron chi connectivity index (χ2n) is 3.40. The zero-order valence-corrected chi connectivity index (χ0v) is 8.87. The predicted octanol–water partition coefficient (Wildman–Crippen LogP) is 1.40. The van der Waals surface area contributed by atoms with Gasteiger partial charge < -0.3 is 10.5 Å². The average Bonchev–Trinajstić information content (AvgIpc) is 2.26. The third kappa shape index (κ3) is 3.27. The lowest BCUT2D eigenvalue weighted by Gasteiger charge is -2.09. The number of benzene rings is 1. The van der Waals surface area contributed by atoms with E-state index in [-0.39, 0.29) is 12.8 Å². The Morgan fingerprint density at radius 2 is 2.19 bits per heavy atom. The summed E-state index contributed by atoms with van der Waals surface area (Å²) in [5.74, 6) is -1.79. The van der Waals surface area contributed by atoms with E-state index >= 15 is 0 Å². The van der Waals surface area contributed by atoms with E-state index in [1.165, 1.54) is 19.2 Å². The van der Waals surface area contributed by atoms with Gasteiger partial charge in [0.25, 0.3) is 0 Å². The lowest BCUT2D eigenvalue weighted by molar-refractivity contribution is -0.142. The molecule has 0 amide bonds. The van der Waals surface area contributed by atoms with Crippen LogP contribution in [0.1, 0.15) is 12.0 Å². The minimum Gasteiger partial charge on any atom is -0.468 e. The van der Waals surface area contributed by atoms with Gasteiger partial charge in [0, 0.05) is 6.07 Å². The molecule has 0 aliphatic heterocycles. The van der Waals surface area contributed by atoms with Crippen LogP contribution >= 0.6 is 0 Å². The third-order valence-corrected chi connectivity index (χ3v) is 2.24. The van der Waals surface area contributed by atoms with Gasteiger partial charge in [0.2, 0.25) is 0 Å². The van der Waals surface area contributed by atoms with Crippen molar-refractivity contribution in [3.63, 3.8) is 0 Å². The first-order valence-corrected chi connectivity index (χ1v) is 4.82. The van der Waals surface area contributed by atoms with Crippen LogP contribution in [0.3, 0.4) is 0 Å². The van der Waals surface area contributed by atoms with Crippen LogP contribution < -0.4 is 5.73 Å². The SMILES string of the molecule is COC(=O)C(N)CCc1ccc(F)cc1F. The number of rotatable bonds is 4. The highest BCUT2D eigenvalue weighted by molar-refractivity contribution is 5.75. The molecular formula is C11H13F2NO2. The molecular weight excluding hydrogens is 216 g/mol. The number of hydrogen-bond donors (Lipinski definition) is 1. The van der Waals surface area contributed by atoms with Crippen molar-refractivity contribution < 1.29 is 18.3 Å². The topological polar surface area (TPSA) is 52.3 Å². The van der Waals surface area contributed by atoms with Gasteiger partial charge in [0.1, 0.15) is 17.7 Å². The number of carbonyl (C=O) groups is 1. The van der Waals surface area contributed by atoms with Gasteiger partial charge in [-0.3, -0.25) is 4.79 Å². The molecule has 0 spiro atoms. The highest BCUT2D eigenvalue weighted by Crippen LogP contribution is 2.12. The maximum Gasteiger partial charge on any atom is 0.322 e. The van der Waals surface area contributed by atoms with Gasteiger partial charge in [-0.2, -0.15) is 0 Å². The molecule has 3 nitrogen and oxygen atoms in total. The molecule has 1 atom stereocenters. The van der Waals surface area contributed by atoms with Crippen LogP contribution in [0.4, 0.5) is 8.78 Å². The van der Waals surface area contributed by atoms with Gasteiger partial charge in [-0.15, -0.1) is 0 Å². The molecule has 1 aromatic carbocycles. The number of ether oxygens (including phenoxy) is 1. The molecule has 1 aromatic rings. The molecule has 0 saturated carbocycles. The number of carbonyl (C=O) groups excluding carboxylic acids is 1. The van der Waals surface area contributed by atoms with Crippen LogP contribution in [0.2, 0.25) is 0 Å². The fraction of sp³-hybridized carbons (Fsp3) is 0.364. The van der Waals surface area contributed by atoms with Crippen LogP contribution in [-0.2, 0) is 16.0 Å². The van der Waals surface area contributed by atoms with Gasteiger partial charge in [-0.1, -0.05) is 6.07 Å². The normalized spacial score (nSPS) is 12.2. The van der Waals surface area contributed by atoms with E-state index in [0.717, 1.165) is 6.07 Å². The van der Waals surface area contributed by atoms with Crippen LogP contribution in [0, 0.1) is 11.6 Å². The Balaban J connectivity index is 2.58. The maximum atomic E-state index is 13.2. The lowest BCUT2D eigenvalue weighted by Crippen LogP contribution is -2.32. The molecule has 0 bridgehead atoms. The van der Waals surface area contributed by atoms with Gasteiger partial charge >= 0.3 is 5.97 Å². The van der Waals surface area contributed by atoms with Gasteiger partial charge in [-0.25, -0.2) is 8.78 Å². The number of hydrogen-bond acceptors (Lipinski definition) is 3. The van der Waals surface area contributed by atoms with Gasteiger partial charge in [-0.05, 0) is 24.5 Å². The van der Waals surface area contributed by atoms with Crippen LogP contribution in [0.5, 0.6) is 0 Å². The molecule has 0 aliphatic rings. The van der Waals surface area contributed by atoms with Crippen molar-refractivity contribution in [3.05, 3.63) is 35.4 Å². The highest BCUT2D eigenvalue weighted by atomic mass is 19.1. The van der Waals surface area contributed by atoms with Crippen molar-refractivity contribution in [1.82, 2.24) is 0 Å². The summed E-state index contributed by atoms with van der Waals surface area (Å²) in [7, 11) is 1.24. The molecule has 5 heteroatoms. The average molecular weight is 229 g/mol. The van der Waals surface area contributed by atoms with E-state index in [1.54, 1.807) is 0 Å². The minimum atomic E-state index is -0.783. The molecule has 0 fully saturated rings. The molecule has 0 aliphatic carbocycles. The molecule has 1 rings (SSSR count). The standard InChI is InChI=1S/C11H13F2NO2/c1-16-11(15)10(14)5-3-7-2-4-8(12)6-9(7)13/h2,4,6,10H,3,5,14H2,1H3. The second-order valence-corrected chi connectivity index (χ2v) is 3.40. The van der Waals surface area contributed by atoms with E-state index in [0.29, 0.717) is 5.56 Å². The zero-order chi connectivity index (χ0) is 12.1. The number of methoxy groups -OCH3 is 1. The van der Waals surface area contributed by atoms with Crippen LogP contribution in [0.15, 0.2) is 18.2 Å². The van der Waals surface area contributed by atoms with Crippen molar-refractivity contribution in [1.29, 1.82) is 0 Å². The quantitative estimate of drug-likeness (QED) is 0.794. The van der Waals surface area contributed by atoms with Crippen LogP contribution in [0.25, 0.3) is 0 Å². The minimum absolute atomic E-state index is 0.259. The first kappa shape index (κ1) is 12.6. The fourth-order valence-corrected chi connectivity index (χ4v) is 1.30. The van der Waals surface area contributed by atoms with E-state index in [2.05, 4.69) is 4.74 Å². The van der Waals surface area contributed by atoms with Crippen molar-refractivity contribution in [2.24, 2.45) is 5.73 Å². The Morgan fingerprint density at radius 3 is 2.75 bits per heavy atom. The van der Waals surface area contributed by atoms with Gasteiger partial charge in [0.15, 0.2) is 0 Å². The summed E-state index contributed by atoms with van der Waals surface area (Å²) in [5.41, 5.74) is 5.82. The summed E-state index contributed by atoms with van der Waals surface area (Å²) in [6.07, 6.45) is 0.525. The van der Waals surface area contributed by atoms with Crippen LogP contribution in [-0.4, -0.2) is 19.1 Å².